The molecule has 0 saturated carbocycles. The molecule has 0 aromatic heterocycles. The van der Waals surface area contributed by atoms with E-state index in [-0.39, 0.29) is 23.1 Å². The molecule has 1 fully saturated rings. The molecule has 1 amide bonds. The quantitative estimate of drug-likeness (QED) is 0.625. The molecule has 1 aliphatic rings. The predicted molar refractivity (Wildman–Crippen MR) is 119 cm³/mol. The first-order chi connectivity index (χ1) is 14.8. The number of methoxy groups -OCH3 is 2. The first-order valence-electron chi connectivity index (χ1n) is 9.98. The third kappa shape index (κ3) is 5.31. The van der Waals surface area contributed by atoms with Crippen molar-refractivity contribution in [2.45, 2.75) is 24.3 Å². The van der Waals surface area contributed by atoms with E-state index in [1.54, 1.807) is 25.1 Å². The lowest BCUT2D eigenvalue weighted by atomic mass is 9.98. The number of carbonyl (C=O) groups excluding carboxylic acids is 1. The molecule has 168 valence electrons. The molecule has 1 atom stereocenters. The smallest absolute Gasteiger partial charge is 0.246 e. The molecular formula is C22H27ClN2O5S. The maximum atomic E-state index is 13.3. The summed E-state index contributed by atoms with van der Waals surface area (Å²) in [5.41, 5.74) is 0.973. The number of sulfonamides is 1. The maximum Gasteiger partial charge on any atom is 0.246 e. The molecule has 7 nitrogen and oxygen atoms in total. The average Bonchev–Trinajstić information content (AvgIpc) is 2.79. The van der Waals surface area contributed by atoms with Crippen LogP contribution in [0.3, 0.4) is 0 Å². The number of amides is 1. The van der Waals surface area contributed by atoms with Crippen LogP contribution >= 0.6 is 11.6 Å². The van der Waals surface area contributed by atoms with Crippen LogP contribution in [-0.4, -0.2) is 57.9 Å². The minimum absolute atomic E-state index is 0.0159. The van der Waals surface area contributed by atoms with Gasteiger partial charge in [-0.15, -0.1) is 0 Å². The molecule has 0 radical (unpaired) electrons. The Morgan fingerprint density at radius 2 is 1.87 bits per heavy atom. The Balaban J connectivity index is 1.73. The Morgan fingerprint density at radius 1 is 1.16 bits per heavy atom. The van der Waals surface area contributed by atoms with Crippen LogP contribution in [0.25, 0.3) is 0 Å². The molecule has 0 N–H and O–H groups in total. The molecule has 2 aromatic carbocycles. The highest BCUT2D eigenvalue weighted by Crippen LogP contribution is 2.32. The minimum atomic E-state index is -3.85. The van der Waals surface area contributed by atoms with Crippen molar-refractivity contribution in [2.24, 2.45) is 5.92 Å². The first-order valence-corrected chi connectivity index (χ1v) is 11.8. The normalized spacial score (nSPS) is 17.2. The molecule has 31 heavy (non-hydrogen) atoms. The van der Waals surface area contributed by atoms with Gasteiger partial charge in [0.1, 0.15) is 16.4 Å². The molecule has 1 heterocycles. The van der Waals surface area contributed by atoms with Crippen LogP contribution in [0.2, 0.25) is 5.02 Å². The highest BCUT2D eigenvalue weighted by molar-refractivity contribution is 7.89. The maximum absolute atomic E-state index is 13.3. The number of piperidine rings is 1. The molecule has 1 saturated heterocycles. The van der Waals surface area contributed by atoms with Crippen LogP contribution in [-0.2, 0) is 21.4 Å². The lowest BCUT2D eigenvalue weighted by Crippen LogP contribution is -2.45. The van der Waals surface area contributed by atoms with Gasteiger partial charge in [0.15, 0.2) is 0 Å². The van der Waals surface area contributed by atoms with E-state index in [0.29, 0.717) is 31.0 Å². The largest absolute Gasteiger partial charge is 0.497 e. The number of ether oxygens (including phenoxy) is 2. The van der Waals surface area contributed by atoms with Crippen LogP contribution < -0.4 is 9.47 Å². The molecule has 1 unspecified atom stereocenters. The fourth-order valence-corrected chi connectivity index (χ4v) is 5.69. The van der Waals surface area contributed by atoms with E-state index in [1.165, 1.54) is 23.5 Å². The van der Waals surface area contributed by atoms with Crippen molar-refractivity contribution >= 4 is 27.5 Å². The van der Waals surface area contributed by atoms with Gasteiger partial charge in [-0.25, -0.2) is 8.42 Å². The van der Waals surface area contributed by atoms with Gasteiger partial charge in [0.25, 0.3) is 0 Å². The van der Waals surface area contributed by atoms with Gasteiger partial charge in [0, 0.05) is 31.7 Å². The second-order valence-electron chi connectivity index (χ2n) is 7.54. The second-order valence-corrected chi connectivity index (χ2v) is 9.88. The summed E-state index contributed by atoms with van der Waals surface area (Å²) in [6.45, 7) is 0.919. The number of hydrogen-bond donors (Lipinski definition) is 0. The number of nitrogens with zero attached hydrogens (tertiary/aromatic N) is 2. The fraction of sp³-hybridized carbons (Fsp3) is 0.409. The molecule has 0 aliphatic carbocycles. The van der Waals surface area contributed by atoms with Crippen molar-refractivity contribution in [3.05, 3.63) is 53.1 Å². The number of halogens is 1. The topological polar surface area (TPSA) is 76.2 Å². The third-order valence-corrected chi connectivity index (χ3v) is 7.55. The highest BCUT2D eigenvalue weighted by Gasteiger charge is 2.35. The van der Waals surface area contributed by atoms with Gasteiger partial charge in [-0.1, -0.05) is 23.7 Å². The lowest BCUT2D eigenvalue weighted by molar-refractivity contribution is -0.135. The number of benzene rings is 2. The zero-order valence-electron chi connectivity index (χ0n) is 17.9. The Labute approximate surface area is 188 Å². The van der Waals surface area contributed by atoms with Crippen molar-refractivity contribution in [3.8, 4) is 11.5 Å². The summed E-state index contributed by atoms with van der Waals surface area (Å²) in [7, 11) is 0.909. The average molecular weight is 467 g/mol. The van der Waals surface area contributed by atoms with E-state index in [2.05, 4.69) is 0 Å². The van der Waals surface area contributed by atoms with Crippen molar-refractivity contribution in [2.75, 3.05) is 34.4 Å². The van der Waals surface area contributed by atoms with Crippen molar-refractivity contribution in [1.82, 2.24) is 9.21 Å². The summed E-state index contributed by atoms with van der Waals surface area (Å²) >= 11 is 6.03. The zero-order valence-corrected chi connectivity index (χ0v) is 19.4. The van der Waals surface area contributed by atoms with Gasteiger partial charge in [-0.3, -0.25) is 4.79 Å². The third-order valence-electron chi connectivity index (χ3n) is 5.43. The SMILES string of the molecule is COc1ccc(CN(C)C(=O)C2CCCN(S(=O)(=O)c3cc(Cl)ccc3OC)C2)cc1. The highest BCUT2D eigenvalue weighted by atomic mass is 35.5. The standard InChI is InChI=1S/C22H27ClN2O5S/c1-24(14-16-6-9-19(29-2)10-7-16)22(26)17-5-4-12-25(15-17)31(27,28)21-13-18(23)8-11-20(21)30-3/h6-11,13,17H,4-5,12,14-15H2,1-3H3. The lowest BCUT2D eigenvalue weighted by Gasteiger charge is -2.33. The number of rotatable bonds is 7. The second kappa shape index (κ2) is 9.89. The summed E-state index contributed by atoms with van der Waals surface area (Å²) in [6, 6.07) is 12.0. The minimum Gasteiger partial charge on any atom is -0.497 e. The van der Waals surface area contributed by atoms with Crippen molar-refractivity contribution < 1.29 is 22.7 Å². The monoisotopic (exact) mass is 466 g/mol. The summed E-state index contributed by atoms with van der Waals surface area (Å²) in [6.07, 6.45) is 1.25. The van der Waals surface area contributed by atoms with Gasteiger partial charge in [-0.05, 0) is 48.7 Å². The van der Waals surface area contributed by atoms with Gasteiger partial charge < -0.3 is 14.4 Å². The Hall–Kier alpha value is -2.29. The first kappa shape index (κ1) is 23.4. The van der Waals surface area contributed by atoms with Crippen LogP contribution in [0.15, 0.2) is 47.4 Å². The van der Waals surface area contributed by atoms with Crippen LogP contribution in [0.4, 0.5) is 0 Å². The predicted octanol–water partition coefficient (Wildman–Crippen LogP) is 3.42. The number of hydrogen-bond acceptors (Lipinski definition) is 5. The Kier molecular flexibility index (Phi) is 7.46. The van der Waals surface area contributed by atoms with E-state index in [9.17, 15) is 13.2 Å². The Morgan fingerprint density at radius 3 is 2.52 bits per heavy atom. The van der Waals surface area contributed by atoms with Crippen LogP contribution in [0.1, 0.15) is 18.4 Å². The van der Waals surface area contributed by atoms with E-state index in [1.807, 2.05) is 24.3 Å². The summed E-state index contributed by atoms with van der Waals surface area (Å²) < 4.78 is 38.3. The van der Waals surface area contributed by atoms with Crippen molar-refractivity contribution in [1.29, 1.82) is 0 Å². The number of carbonyl (C=O) groups is 1. The zero-order chi connectivity index (χ0) is 22.6. The van der Waals surface area contributed by atoms with E-state index >= 15 is 0 Å². The Bertz CT molecular complexity index is 1030. The summed E-state index contributed by atoms with van der Waals surface area (Å²) in [5.74, 6) is 0.502. The molecular weight excluding hydrogens is 440 g/mol. The molecule has 9 heteroatoms. The van der Waals surface area contributed by atoms with Crippen molar-refractivity contribution in [3.63, 3.8) is 0 Å². The van der Waals surface area contributed by atoms with Crippen LogP contribution in [0, 0.1) is 5.92 Å². The van der Waals surface area contributed by atoms with E-state index < -0.39 is 15.9 Å². The van der Waals surface area contributed by atoms with Gasteiger partial charge in [0.05, 0.1) is 20.1 Å². The van der Waals surface area contributed by atoms with E-state index in [4.69, 9.17) is 21.1 Å². The summed E-state index contributed by atoms with van der Waals surface area (Å²) in [5, 5.41) is 0.309. The molecule has 0 bridgehead atoms. The van der Waals surface area contributed by atoms with Gasteiger partial charge >= 0.3 is 0 Å². The van der Waals surface area contributed by atoms with Gasteiger partial charge in [-0.2, -0.15) is 4.31 Å². The summed E-state index contributed by atoms with van der Waals surface area (Å²) in [4.78, 5) is 14.7. The van der Waals surface area contributed by atoms with E-state index in [0.717, 1.165) is 11.3 Å². The molecule has 0 spiro atoms. The fourth-order valence-electron chi connectivity index (χ4n) is 3.75. The van der Waals surface area contributed by atoms with Crippen LogP contribution in [0.5, 0.6) is 11.5 Å². The molecule has 1 aliphatic heterocycles. The van der Waals surface area contributed by atoms with Gasteiger partial charge in [0.2, 0.25) is 15.9 Å². The molecule has 2 aromatic rings. The molecule has 3 rings (SSSR count).